The molecule has 1 atom stereocenters. The minimum Gasteiger partial charge on any atom is -0.493 e. The maximum Gasteiger partial charge on any atom is 0.225 e. The van der Waals surface area contributed by atoms with Crippen molar-refractivity contribution in [1.29, 1.82) is 0 Å². The molecule has 1 aliphatic carbocycles. The number of hydrogen-bond acceptors (Lipinski definition) is 8. The van der Waals surface area contributed by atoms with E-state index in [1.165, 1.54) is 6.07 Å². The molecule has 1 aliphatic heterocycles. The van der Waals surface area contributed by atoms with E-state index in [2.05, 4.69) is 9.88 Å². The maximum atomic E-state index is 14.2. The van der Waals surface area contributed by atoms with E-state index < -0.39 is 0 Å². The number of carbonyl (C=O) groups is 1. The van der Waals surface area contributed by atoms with E-state index in [0.29, 0.717) is 73.5 Å². The van der Waals surface area contributed by atoms with Crippen LogP contribution in [0.5, 0.6) is 17.2 Å². The van der Waals surface area contributed by atoms with Gasteiger partial charge in [0.2, 0.25) is 11.7 Å². The molecule has 0 bridgehead atoms. The van der Waals surface area contributed by atoms with Crippen molar-refractivity contribution in [3.63, 3.8) is 0 Å². The molecule has 3 aromatic rings. The molecule has 1 saturated heterocycles. The highest BCUT2D eigenvalue weighted by molar-refractivity contribution is 5.98. The molecule has 0 unspecified atom stereocenters. The number of rotatable bonds is 6. The third-order valence-corrected chi connectivity index (χ3v) is 6.94. The lowest BCUT2D eigenvalue weighted by Gasteiger charge is -2.36. The molecule has 0 amide bonds. The largest absolute Gasteiger partial charge is 0.493 e. The third-order valence-electron chi connectivity index (χ3n) is 6.94. The molecular formula is C27H29FN4O4. The van der Waals surface area contributed by atoms with E-state index in [1.807, 2.05) is 23.1 Å². The predicted molar refractivity (Wildman–Crippen MR) is 134 cm³/mol. The molecule has 9 heteroatoms. The maximum absolute atomic E-state index is 14.2. The zero-order valence-electron chi connectivity index (χ0n) is 20.7. The van der Waals surface area contributed by atoms with Crippen LogP contribution in [0.1, 0.15) is 34.0 Å². The molecule has 1 fully saturated rings. The Balaban J connectivity index is 1.36. The van der Waals surface area contributed by atoms with Gasteiger partial charge in [-0.1, -0.05) is 12.1 Å². The van der Waals surface area contributed by atoms with E-state index in [-0.39, 0.29) is 17.5 Å². The summed E-state index contributed by atoms with van der Waals surface area (Å²) >= 11 is 0. The molecule has 2 heterocycles. The topological polar surface area (TPSA) is 77.0 Å². The Labute approximate surface area is 209 Å². The number of para-hydroxylation sites is 1. The SMILES string of the molecule is COc1cc([C@@H]2CC(=O)c3cnc(N4CCN(c5ccccc5F)CC4)nc3C2)cc(OC)c1OC. The van der Waals surface area contributed by atoms with Gasteiger partial charge < -0.3 is 24.0 Å². The van der Waals surface area contributed by atoms with Crippen LogP contribution in [-0.4, -0.2) is 63.3 Å². The fourth-order valence-electron chi connectivity index (χ4n) is 5.02. The van der Waals surface area contributed by atoms with Gasteiger partial charge >= 0.3 is 0 Å². The van der Waals surface area contributed by atoms with Crippen molar-refractivity contribution >= 4 is 17.4 Å². The molecule has 0 N–H and O–H groups in total. The van der Waals surface area contributed by atoms with Crippen LogP contribution in [0, 0.1) is 5.82 Å². The van der Waals surface area contributed by atoms with Crippen molar-refractivity contribution in [2.24, 2.45) is 0 Å². The molecule has 188 valence electrons. The van der Waals surface area contributed by atoms with Crippen molar-refractivity contribution < 1.29 is 23.4 Å². The molecule has 0 saturated carbocycles. The summed E-state index contributed by atoms with van der Waals surface area (Å²) in [6.07, 6.45) is 2.61. The smallest absolute Gasteiger partial charge is 0.225 e. The number of aromatic nitrogens is 2. The van der Waals surface area contributed by atoms with Crippen LogP contribution in [0.15, 0.2) is 42.6 Å². The number of methoxy groups -OCH3 is 3. The van der Waals surface area contributed by atoms with Crippen LogP contribution in [0.4, 0.5) is 16.0 Å². The first kappa shape index (κ1) is 23.8. The number of carbonyl (C=O) groups excluding carboxylic acids is 1. The quantitative estimate of drug-likeness (QED) is 0.513. The minimum atomic E-state index is -0.215. The number of Topliss-reactive ketones (excluding diaryl/α,β-unsaturated/α-hetero) is 1. The fraction of sp³-hybridized carbons (Fsp3) is 0.370. The van der Waals surface area contributed by atoms with Crippen molar-refractivity contribution in [3.8, 4) is 17.2 Å². The van der Waals surface area contributed by atoms with E-state index in [1.54, 1.807) is 39.7 Å². The lowest BCUT2D eigenvalue weighted by Crippen LogP contribution is -2.47. The summed E-state index contributed by atoms with van der Waals surface area (Å²) in [4.78, 5) is 26.4. The van der Waals surface area contributed by atoms with Crippen LogP contribution in [0.2, 0.25) is 0 Å². The van der Waals surface area contributed by atoms with Crippen LogP contribution in [-0.2, 0) is 6.42 Å². The van der Waals surface area contributed by atoms with Gasteiger partial charge in [0.1, 0.15) is 5.82 Å². The highest BCUT2D eigenvalue weighted by atomic mass is 19.1. The summed E-state index contributed by atoms with van der Waals surface area (Å²) in [6, 6.07) is 10.6. The van der Waals surface area contributed by atoms with Gasteiger partial charge in [0.05, 0.1) is 38.3 Å². The molecule has 0 spiro atoms. The van der Waals surface area contributed by atoms with Crippen molar-refractivity contribution in [3.05, 3.63) is 65.2 Å². The van der Waals surface area contributed by atoms with Gasteiger partial charge in [-0.05, 0) is 42.2 Å². The average molecular weight is 493 g/mol. The normalized spacial score (nSPS) is 17.6. The number of ether oxygens (including phenoxy) is 3. The number of nitrogens with zero attached hydrogens (tertiary/aromatic N) is 4. The fourth-order valence-corrected chi connectivity index (χ4v) is 5.02. The number of benzene rings is 2. The van der Waals surface area contributed by atoms with Crippen molar-refractivity contribution in [2.75, 3.05) is 57.3 Å². The van der Waals surface area contributed by atoms with Gasteiger partial charge in [-0.15, -0.1) is 0 Å². The van der Waals surface area contributed by atoms with Gasteiger partial charge in [-0.3, -0.25) is 4.79 Å². The molecule has 5 rings (SSSR count). The molecule has 36 heavy (non-hydrogen) atoms. The second-order valence-electron chi connectivity index (χ2n) is 8.94. The lowest BCUT2D eigenvalue weighted by molar-refractivity contribution is 0.0962. The number of halogens is 1. The van der Waals surface area contributed by atoms with E-state index in [9.17, 15) is 9.18 Å². The highest BCUT2D eigenvalue weighted by Gasteiger charge is 2.31. The van der Waals surface area contributed by atoms with Gasteiger partial charge in [-0.2, -0.15) is 0 Å². The van der Waals surface area contributed by atoms with E-state index >= 15 is 0 Å². The van der Waals surface area contributed by atoms with Crippen molar-refractivity contribution in [2.45, 2.75) is 18.8 Å². The minimum absolute atomic E-state index is 0.0194. The van der Waals surface area contributed by atoms with Gasteiger partial charge in [0.15, 0.2) is 17.3 Å². The Kier molecular flexibility index (Phi) is 6.63. The first-order valence-electron chi connectivity index (χ1n) is 12.0. The molecule has 1 aromatic heterocycles. The van der Waals surface area contributed by atoms with Crippen LogP contribution >= 0.6 is 0 Å². The Morgan fingerprint density at radius 3 is 2.22 bits per heavy atom. The third kappa shape index (κ3) is 4.41. The average Bonchev–Trinajstić information content (AvgIpc) is 2.92. The van der Waals surface area contributed by atoms with Crippen LogP contribution in [0.3, 0.4) is 0 Å². The summed E-state index contributed by atoms with van der Waals surface area (Å²) in [5.74, 6) is 1.96. The second-order valence-corrected chi connectivity index (χ2v) is 8.94. The lowest BCUT2D eigenvalue weighted by atomic mass is 9.82. The van der Waals surface area contributed by atoms with Gasteiger partial charge in [0, 0.05) is 38.8 Å². The number of anilines is 2. The summed E-state index contributed by atoms with van der Waals surface area (Å²) in [5.41, 5.74) is 2.86. The summed E-state index contributed by atoms with van der Waals surface area (Å²) < 4.78 is 30.6. The second kappa shape index (κ2) is 10.0. The number of hydrogen-bond donors (Lipinski definition) is 0. The Hall–Kier alpha value is -3.88. The zero-order chi connectivity index (χ0) is 25.2. The summed E-state index contributed by atoms with van der Waals surface area (Å²) in [5, 5.41) is 0. The monoisotopic (exact) mass is 492 g/mol. The summed E-state index contributed by atoms with van der Waals surface area (Å²) in [6.45, 7) is 2.65. The molecule has 0 radical (unpaired) electrons. The molecular weight excluding hydrogens is 463 g/mol. The van der Waals surface area contributed by atoms with Crippen molar-refractivity contribution in [1.82, 2.24) is 9.97 Å². The summed E-state index contributed by atoms with van der Waals surface area (Å²) in [7, 11) is 4.72. The number of ketones is 1. The van der Waals surface area contributed by atoms with Gasteiger partial charge in [-0.25, -0.2) is 14.4 Å². The first-order valence-corrected chi connectivity index (χ1v) is 12.0. The Morgan fingerprint density at radius 2 is 1.58 bits per heavy atom. The zero-order valence-corrected chi connectivity index (χ0v) is 20.7. The number of piperazine rings is 1. The first-order chi connectivity index (χ1) is 17.5. The standard InChI is InChI=1S/C27H29FN4O4/c1-34-24-14-18(15-25(35-2)26(24)36-3)17-12-21-19(23(33)13-17)16-29-27(30-21)32-10-8-31(9-11-32)22-7-5-4-6-20(22)28/h4-7,14-17H,8-13H2,1-3H3/t17-/m0/s1. The molecule has 2 aliphatic rings. The van der Waals surface area contributed by atoms with E-state index in [0.717, 1.165) is 11.3 Å². The number of fused-ring (bicyclic) bond motifs is 1. The molecule has 2 aromatic carbocycles. The Bertz CT molecular complexity index is 1250. The van der Waals surface area contributed by atoms with Gasteiger partial charge in [0.25, 0.3) is 0 Å². The van der Waals surface area contributed by atoms with Crippen LogP contribution in [0.25, 0.3) is 0 Å². The van der Waals surface area contributed by atoms with E-state index in [4.69, 9.17) is 19.2 Å². The molecule has 8 nitrogen and oxygen atoms in total. The predicted octanol–water partition coefficient (Wildman–Crippen LogP) is 3.88. The highest BCUT2D eigenvalue weighted by Crippen LogP contribution is 2.42. The van der Waals surface area contributed by atoms with Crippen LogP contribution < -0.4 is 24.0 Å². The Morgan fingerprint density at radius 1 is 0.917 bits per heavy atom.